The van der Waals surface area contributed by atoms with E-state index in [2.05, 4.69) is 10.6 Å². The summed E-state index contributed by atoms with van der Waals surface area (Å²) >= 11 is 0. The molecule has 2 rings (SSSR count). The van der Waals surface area contributed by atoms with Crippen molar-refractivity contribution in [2.75, 3.05) is 31.5 Å². The average Bonchev–Trinajstić information content (AvgIpc) is 2.44. The van der Waals surface area contributed by atoms with Crippen molar-refractivity contribution in [1.82, 2.24) is 10.2 Å². The van der Waals surface area contributed by atoms with E-state index in [-0.39, 0.29) is 12.3 Å². The Morgan fingerprint density at radius 1 is 1.23 bits per heavy atom. The molecule has 0 unspecified atom stereocenters. The average molecular weight is 305 g/mol. The molecular weight excluding hydrogens is 282 g/mol. The topological polar surface area (TPSA) is 81.7 Å². The number of carboxylic acids is 1. The van der Waals surface area contributed by atoms with Crippen molar-refractivity contribution in [2.24, 2.45) is 0 Å². The van der Waals surface area contributed by atoms with Crippen LogP contribution in [0.2, 0.25) is 0 Å². The summed E-state index contributed by atoms with van der Waals surface area (Å²) in [6.45, 7) is 6.72. The zero-order valence-electron chi connectivity index (χ0n) is 13.1. The minimum absolute atomic E-state index is 0.0394. The number of carbonyl (C=O) groups is 2. The molecule has 0 aliphatic carbocycles. The van der Waals surface area contributed by atoms with Gasteiger partial charge >= 0.3 is 5.97 Å². The molecule has 1 saturated heterocycles. The summed E-state index contributed by atoms with van der Waals surface area (Å²) in [4.78, 5) is 25.5. The molecule has 1 atom stereocenters. The number of rotatable bonds is 5. The lowest BCUT2D eigenvalue weighted by Gasteiger charge is -2.32. The summed E-state index contributed by atoms with van der Waals surface area (Å²) in [7, 11) is 0. The number of benzene rings is 1. The van der Waals surface area contributed by atoms with Crippen LogP contribution in [0, 0.1) is 13.8 Å². The first kappa shape index (κ1) is 16.5. The summed E-state index contributed by atoms with van der Waals surface area (Å²) in [5.74, 6) is -1.21. The first-order chi connectivity index (χ1) is 10.5. The van der Waals surface area contributed by atoms with Crippen LogP contribution in [0.1, 0.15) is 17.5 Å². The van der Waals surface area contributed by atoms with E-state index < -0.39 is 12.0 Å². The van der Waals surface area contributed by atoms with Crippen molar-refractivity contribution in [2.45, 2.75) is 26.3 Å². The Morgan fingerprint density at radius 3 is 2.36 bits per heavy atom. The predicted octanol–water partition coefficient (Wildman–Crippen LogP) is 0.990. The molecule has 0 radical (unpaired) electrons. The molecular formula is C16H23N3O3. The van der Waals surface area contributed by atoms with E-state index in [1.54, 1.807) is 0 Å². The molecule has 120 valence electrons. The molecule has 0 spiro atoms. The second kappa shape index (κ2) is 7.38. The molecule has 1 aromatic rings. The predicted molar refractivity (Wildman–Crippen MR) is 85.0 cm³/mol. The molecule has 1 fully saturated rings. The number of aliphatic carboxylic acids is 1. The van der Waals surface area contributed by atoms with Crippen LogP contribution in [0.3, 0.4) is 0 Å². The number of piperazine rings is 1. The normalized spacial score (nSPS) is 17.0. The van der Waals surface area contributed by atoms with E-state index in [4.69, 9.17) is 0 Å². The van der Waals surface area contributed by atoms with Crippen LogP contribution >= 0.6 is 0 Å². The van der Waals surface area contributed by atoms with E-state index in [9.17, 15) is 14.7 Å². The Hall–Kier alpha value is -1.92. The summed E-state index contributed by atoms with van der Waals surface area (Å²) in [5.41, 5.74) is 2.84. The van der Waals surface area contributed by atoms with E-state index >= 15 is 0 Å². The van der Waals surface area contributed by atoms with Crippen LogP contribution in [-0.2, 0) is 9.59 Å². The van der Waals surface area contributed by atoms with Crippen LogP contribution in [0.15, 0.2) is 18.2 Å². The van der Waals surface area contributed by atoms with E-state index in [1.165, 1.54) is 0 Å². The number of aryl methyl sites for hydroxylation is 2. The van der Waals surface area contributed by atoms with Gasteiger partial charge in [-0.15, -0.1) is 0 Å². The molecule has 1 heterocycles. The standard InChI is InChI=1S/C16H23N3O3/c1-11-7-12(2)9-13(8-11)18-15(20)10-14(16(21)22)19-5-3-17-4-6-19/h7-9,14,17H,3-6,10H2,1-2H3,(H,18,20)(H,21,22)/t14-/m0/s1. The summed E-state index contributed by atoms with van der Waals surface area (Å²) < 4.78 is 0. The minimum atomic E-state index is -0.947. The van der Waals surface area contributed by atoms with Crippen LogP contribution in [0.25, 0.3) is 0 Å². The fraction of sp³-hybridized carbons (Fsp3) is 0.500. The Balaban J connectivity index is 2.00. The van der Waals surface area contributed by atoms with Crippen molar-refractivity contribution < 1.29 is 14.7 Å². The van der Waals surface area contributed by atoms with Gasteiger partial charge in [-0.05, 0) is 37.1 Å². The monoisotopic (exact) mass is 305 g/mol. The summed E-state index contributed by atoms with van der Waals surface area (Å²) in [6, 6.07) is 5.01. The first-order valence-electron chi connectivity index (χ1n) is 7.51. The van der Waals surface area contributed by atoms with Crippen molar-refractivity contribution in [3.05, 3.63) is 29.3 Å². The smallest absolute Gasteiger partial charge is 0.321 e. The van der Waals surface area contributed by atoms with Gasteiger partial charge in [-0.1, -0.05) is 6.07 Å². The van der Waals surface area contributed by atoms with Gasteiger partial charge in [0.25, 0.3) is 0 Å². The van der Waals surface area contributed by atoms with Gasteiger partial charge < -0.3 is 15.7 Å². The number of carboxylic acid groups (broad SMARTS) is 1. The fourth-order valence-electron chi connectivity index (χ4n) is 2.80. The van der Waals surface area contributed by atoms with Gasteiger partial charge in [0, 0.05) is 31.9 Å². The molecule has 22 heavy (non-hydrogen) atoms. The van der Waals surface area contributed by atoms with Crippen molar-refractivity contribution in [3.63, 3.8) is 0 Å². The number of carbonyl (C=O) groups excluding carboxylic acids is 1. The highest BCUT2D eigenvalue weighted by Crippen LogP contribution is 2.15. The molecule has 1 aliphatic heterocycles. The lowest BCUT2D eigenvalue weighted by atomic mass is 10.1. The Morgan fingerprint density at radius 2 is 1.82 bits per heavy atom. The minimum Gasteiger partial charge on any atom is -0.480 e. The number of amides is 1. The van der Waals surface area contributed by atoms with E-state index in [1.807, 2.05) is 36.9 Å². The first-order valence-corrected chi connectivity index (χ1v) is 7.51. The molecule has 1 aliphatic rings. The Bertz CT molecular complexity index is 533. The third kappa shape index (κ3) is 4.54. The quantitative estimate of drug-likeness (QED) is 0.756. The van der Waals surface area contributed by atoms with Crippen molar-refractivity contribution >= 4 is 17.6 Å². The van der Waals surface area contributed by atoms with Crippen molar-refractivity contribution in [1.29, 1.82) is 0 Å². The molecule has 1 amide bonds. The maximum atomic E-state index is 12.2. The SMILES string of the molecule is Cc1cc(C)cc(NC(=O)C[C@@H](C(=O)O)N2CCNCC2)c1. The highest BCUT2D eigenvalue weighted by molar-refractivity contribution is 5.94. The third-order valence-electron chi connectivity index (χ3n) is 3.76. The number of nitrogens with zero attached hydrogens (tertiary/aromatic N) is 1. The van der Waals surface area contributed by atoms with Crippen LogP contribution in [-0.4, -0.2) is 54.1 Å². The number of hydrogen-bond acceptors (Lipinski definition) is 4. The second-order valence-electron chi connectivity index (χ2n) is 5.77. The van der Waals surface area contributed by atoms with Gasteiger partial charge in [0.15, 0.2) is 0 Å². The number of nitrogens with one attached hydrogen (secondary N) is 2. The maximum Gasteiger partial charge on any atom is 0.321 e. The zero-order chi connectivity index (χ0) is 16.1. The van der Waals surface area contributed by atoms with Gasteiger partial charge in [-0.3, -0.25) is 14.5 Å². The van der Waals surface area contributed by atoms with Crippen molar-refractivity contribution in [3.8, 4) is 0 Å². The van der Waals surface area contributed by atoms with Gasteiger partial charge in [0.1, 0.15) is 6.04 Å². The molecule has 1 aromatic carbocycles. The van der Waals surface area contributed by atoms with Gasteiger partial charge in [0.2, 0.25) is 5.91 Å². The van der Waals surface area contributed by atoms with Gasteiger partial charge in [-0.25, -0.2) is 0 Å². The number of anilines is 1. The van der Waals surface area contributed by atoms with Gasteiger partial charge in [0.05, 0.1) is 6.42 Å². The lowest BCUT2D eigenvalue weighted by molar-refractivity contribution is -0.145. The van der Waals surface area contributed by atoms with E-state index in [0.29, 0.717) is 18.8 Å². The molecule has 0 bridgehead atoms. The van der Waals surface area contributed by atoms with Gasteiger partial charge in [-0.2, -0.15) is 0 Å². The second-order valence-corrected chi connectivity index (χ2v) is 5.77. The van der Waals surface area contributed by atoms with Crippen LogP contribution in [0.5, 0.6) is 0 Å². The maximum absolute atomic E-state index is 12.2. The zero-order valence-corrected chi connectivity index (χ0v) is 13.1. The lowest BCUT2D eigenvalue weighted by Crippen LogP contribution is -2.52. The number of hydrogen-bond donors (Lipinski definition) is 3. The Kier molecular flexibility index (Phi) is 5.51. The van der Waals surface area contributed by atoms with E-state index in [0.717, 1.165) is 24.2 Å². The highest BCUT2D eigenvalue weighted by atomic mass is 16.4. The molecule has 0 saturated carbocycles. The Labute approximate surface area is 130 Å². The van der Waals surface area contributed by atoms with Crippen LogP contribution < -0.4 is 10.6 Å². The molecule has 6 heteroatoms. The highest BCUT2D eigenvalue weighted by Gasteiger charge is 2.29. The fourth-order valence-corrected chi connectivity index (χ4v) is 2.80. The largest absolute Gasteiger partial charge is 0.480 e. The molecule has 6 nitrogen and oxygen atoms in total. The third-order valence-corrected chi connectivity index (χ3v) is 3.76. The molecule has 3 N–H and O–H groups in total. The van der Waals surface area contributed by atoms with Crippen LogP contribution in [0.4, 0.5) is 5.69 Å². The summed E-state index contributed by atoms with van der Waals surface area (Å²) in [6.07, 6.45) is -0.0394. The summed E-state index contributed by atoms with van der Waals surface area (Å²) in [5, 5.41) is 15.4. The molecule has 0 aromatic heterocycles.